The molecule has 1 unspecified atom stereocenters. The molecule has 1 amide bonds. The summed E-state index contributed by atoms with van der Waals surface area (Å²) < 4.78 is 13.4. The average molecular weight is 237 g/mol. The van der Waals surface area contributed by atoms with Gasteiger partial charge in [0.2, 0.25) is 0 Å². The lowest BCUT2D eigenvalue weighted by Gasteiger charge is -2.14. The van der Waals surface area contributed by atoms with Crippen molar-refractivity contribution < 1.29 is 9.18 Å². The SMILES string of the molecule is NC(=O)c1c(F)cccc1NCC1CCCN1. The number of hydrogen-bond donors (Lipinski definition) is 3. The number of nitrogens with one attached hydrogen (secondary N) is 2. The first kappa shape index (κ1) is 11.9. The maximum atomic E-state index is 13.4. The molecule has 0 spiro atoms. The summed E-state index contributed by atoms with van der Waals surface area (Å²) in [6, 6.07) is 4.84. The Bertz CT molecular complexity index is 416. The number of carbonyl (C=O) groups is 1. The van der Waals surface area contributed by atoms with Gasteiger partial charge in [-0.2, -0.15) is 0 Å². The second kappa shape index (κ2) is 5.14. The fourth-order valence-electron chi connectivity index (χ4n) is 2.09. The Labute approximate surface area is 99.4 Å². The molecule has 1 aliphatic rings. The topological polar surface area (TPSA) is 67.2 Å². The van der Waals surface area contributed by atoms with Crippen molar-refractivity contribution in [2.24, 2.45) is 5.73 Å². The van der Waals surface area contributed by atoms with Crippen molar-refractivity contribution in [3.8, 4) is 0 Å². The second-order valence-corrected chi connectivity index (χ2v) is 4.20. The zero-order valence-corrected chi connectivity index (χ0v) is 9.50. The van der Waals surface area contributed by atoms with Crippen LogP contribution >= 0.6 is 0 Å². The van der Waals surface area contributed by atoms with Gasteiger partial charge in [0, 0.05) is 18.3 Å². The van der Waals surface area contributed by atoms with Crippen molar-refractivity contribution in [2.45, 2.75) is 18.9 Å². The van der Waals surface area contributed by atoms with Crippen LogP contribution < -0.4 is 16.4 Å². The van der Waals surface area contributed by atoms with E-state index in [0.29, 0.717) is 18.3 Å². The predicted molar refractivity (Wildman–Crippen MR) is 64.4 cm³/mol. The van der Waals surface area contributed by atoms with Crippen LogP contribution in [0.25, 0.3) is 0 Å². The fourth-order valence-corrected chi connectivity index (χ4v) is 2.09. The fraction of sp³-hybridized carbons (Fsp3) is 0.417. The van der Waals surface area contributed by atoms with Gasteiger partial charge in [-0.3, -0.25) is 4.79 Å². The van der Waals surface area contributed by atoms with E-state index < -0.39 is 11.7 Å². The van der Waals surface area contributed by atoms with Crippen LogP contribution in [0.2, 0.25) is 0 Å². The van der Waals surface area contributed by atoms with Crippen molar-refractivity contribution in [3.05, 3.63) is 29.6 Å². The van der Waals surface area contributed by atoms with Crippen molar-refractivity contribution in [1.82, 2.24) is 5.32 Å². The van der Waals surface area contributed by atoms with E-state index >= 15 is 0 Å². The normalized spacial score (nSPS) is 19.2. The van der Waals surface area contributed by atoms with Crippen molar-refractivity contribution >= 4 is 11.6 Å². The Kier molecular flexibility index (Phi) is 3.58. The summed E-state index contributed by atoms with van der Waals surface area (Å²) in [6.45, 7) is 1.68. The lowest BCUT2D eigenvalue weighted by atomic mass is 10.1. The lowest BCUT2D eigenvalue weighted by Crippen LogP contribution is -2.30. The van der Waals surface area contributed by atoms with Crippen LogP contribution in [0.5, 0.6) is 0 Å². The van der Waals surface area contributed by atoms with E-state index in [1.54, 1.807) is 12.1 Å². The molecular formula is C12H16FN3O. The molecule has 1 heterocycles. The van der Waals surface area contributed by atoms with Crippen LogP contribution in [-0.2, 0) is 0 Å². The molecule has 4 nitrogen and oxygen atoms in total. The molecule has 5 heteroatoms. The van der Waals surface area contributed by atoms with Gasteiger partial charge in [-0.1, -0.05) is 6.07 Å². The molecule has 1 aromatic rings. The number of carbonyl (C=O) groups excluding carboxylic acids is 1. The van der Waals surface area contributed by atoms with Crippen molar-refractivity contribution in [3.63, 3.8) is 0 Å². The molecule has 0 aliphatic carbocycles. The standard InChI is InChI=1S/C12H16FN3O/c13-9-4-1-5-10(11(9)12(14)17)16-7-8-3-2-6-15-8/h1,4-5,8,15-16H,2-3,6-7H2,(H2,14,17). The van der Waals surface area contributed by atoms with E-state index in [0.717, 1.165) is 19.4 Å². The number of benzene rings is 1. The molecule has 1 saturated heterocycles. The third-order valence-electron chi connectivity index (χ3n) is 2.96. The summed E-state index contributed by atoms with van der Waals surface area (Å²) in [4.78, 5) is 11.2. The number of anilines is 1. The molecular weight excluding hydrogens is 221 g/mol. The molecule has 0 radical (unpaired) electrons. The number of hydrogen-bond acceptors (Lipinski definition) is 3. The highest BCUT2D eigenvalue weighted by Crippen LogP contribution is 2.18. The zero-order valence-electron chi connectivity index (χ0n) is 9.50. The third-order valence-corrected chi connectivity index (χ3v) is 2.96. The minimum absolute atomic E-state index is 0.0644. The maximum absolute atomic E-state index is 13.4. The quantitative estimate of drug-likeness (QED) is 0.734. The molecule has 17 heavy (non-hydrogen) atoms. The van der Waals surface area contributed by atoms with Crippen LogP contribution in [0.4, 0.5) is 10.1 Å². The smallest absolute Gasteiger partial charge is 0.253 e. The van der Waals surface area contributed by atoms with Crippen LogP contribution in [-0.4, -0.2) is 25.0 Å². The number of amides is 1. The average Bonchev–Trinajstić information content (AvgIpc) is 2.78. The molecule has 2 rings (SSSR count). The van der Waals surface area contributed by atoms with E-state index in [9.17, 15) is 9.18 Å². The summed E-state index contributed by atoms with van der Waals surface area (Å²) >= 11 is 0. The zero-order chi connectivity index (χ0) is 12.3. The van der Waals surface area contributed by atoms with Gasteiger partial charge in [-0.05, 0) is 31.5 Å². The molecule has 0 aromatic heterocycles. The van der Waals surface area contributed by atoms with Gasteiger partial charge < -0.3 is 16.4 Å². The van der Waals surface area contributed by atoms with Gasteiger partial charge in [0.05, 0.1) is 5.56 Å². The van der Waals surface area contributed by atoms with Crippen LogP contribution in [0.15, 0.2) is 18.2 Å². The van der Waals surface area contributed by atoms with E-state index in [4.69, 9.17) is 5.73 Å². The number of halogens is 1. The van der Waals surface area contributed by atoms with E-state index in [1.807, 2.05) is 0 Å². The first-order chi connectivity index (χ1) is 8.18. The molecule has 1 atom stereocenters. The van der Waals surface area contributed by atoms with E-state index in [1.165, 1.54) is 6.07 Å². The highest BCUT2D eigenvalue weighted by Gasteiger charge is 2.17. The maximum Gasteiger partial charge on any atom is 0.253 e. The minimum atomic E-state index is -0.745. The molecule has 1 aliphatic heterocycles. The number of primary amides is 1. The molecule has 0 bridgehead atoms. The first-order valence-electron chi connectivity index (χ1n) is 5.74. The van der Waals surface area contributed by atoms with Gasteiger partial charge in [0.15, 0.2) is 0 Å². The van der Waals surface area contributed by atoms with Gasteiger partial charge in [-0.25, -0.2) is 4.39 Å². The predicted octanol–water partition coefficient (Wildman–Crippen LogP) is 1.09. The monoisotopic (exact) mass is 237 g/mol. The number of nitrogens with two attached hydrogens (primary N) is 1. The Morgan fingerprint density at radius 2 is 2.41 bits per heavy atom. The Morgan fingerprint density at radius 1 is 1.59 bits per heavy atom. The summed E-state index contributed by atoms with van der Waals surface area (Å²) in [7, 11) is 0. The highest BCUT2D eigenvalue weighted by molar-refractivity contribution is 5.98. The van der Waals surface area contributed by atoms with Gasteiger partial charge in [0.1, 0.15) is 5.82 Å². The summed E-state index contributed by atoms with van der Waals surface area (Å²) in [5, 5.41) is 6.39. The Hall–Kier alpha value is -1.62. The Morgan fingerprint density at radius 3 is 3.06 bits per heavy atom. The molecule has 0 saturated carbocycles. The first-order valence-corrected chi connectivity index (χ1v) is 5.74. The van der Waals surface area contributed by atoms with Crippen molar-refractivity contribution in [1.29, 1.82) is 0 Å². The van der Waals surface area contributed by atoms with Crippen LogP contribution in [0.3, 0.4) is 0 Å². The van der Waals surface area contributed by atoms with E-state index in [2.05, 4.69) is 10.6 Å². The second-order valence-electron chi connectivity index (χ2n) is 4.20. The Balaban J connectivity index is 2.09. The van der Waals surface area contributed by atoms with Crippen LogP contribution in [0.1, 0.15) is 23.2 Å². The van der Waals surface area contributed by atoms with E-state index in [-0.39, 0.29) is 5.56 Å². The molecule has 4 N–H and O–H groups in total. The largest absolute Gasteiger partial charge is 0.383 e. The van der Waals surface area contributed by atoms with Crippen LogP contribution in [0, 0.1) is 5.82 Å². The summed E-state index contributed by atoms with van der Waals surface area (Å²) in [6.07, 6.45) is 2.24. The molecule has 92 valence electrons. The van der Waals surface area contributed by atoms with Gasteiger partial charge >= 0.3 is 0 Å². The van der Waals surface area contributed by atoms with Gasteiger partial charge in [0.25, 0.3) is 5.91 Å². The number of rotatable bonds is 4. The lowest BCUT2D eigenvalue weighted by molar-refractivity contribution is 0.0997. The molecule has 1 aromatic carbocycles. The molecule has 1 fully saturated rings. The third kappa shape index (κ3) is 2.74. The van der Waals surface area contributed by atoms with Gasteiger partial charge in [-0.15, -0.1) is 0 Å². The highest BCUT2D eigenvalue weighted by atomic mass is 19.1. The summed E-state index contributed by atoms with van der Waals surface area (Å²) in [5.41, 5.74) is 5.56. The van der Waals surface area contributed by atoms with Crippen molar-refractivity contribution in [2.75, 3.05) is 18.4 Å². The minimum Gasteiger partial charge on any atom is -0.383 e. The summed E-state index contributed by atoms with van der Waals surface area (Å²) in [5.74, 6) is -1.33.